The molecule has 1 amide bonds. The third-order valence-corrected chi connectivity index (χ3v) is 4.92. The predicted molar refractivity (Wildman–Crippen MR) is 87.9 cm³/mol. The summed E-state index contributed by atoms with van der Waals surface area (Å²) in [5, 5.41) is 1.21. The number of ether oxygens (including phenoxy) is 1. The molecule has 0 saturated carbocycles. The van der Waals surface area contributed by atoms with E-state index in [9.17, 15) is 4.79 Å². The van der Waals surface area contributed by atoms with Gasteiger partial charge in [-0.15, -0.1) is 0 Å². The van der Waals surface area contributed by atoms with E-state index in [2.05, 4.69) is 17.1 Å². The maximum atomic E-state index is 13.1. The zero-order valence-corrected chi connectivity index (χ0v) is 13.6. The lowest BCUT2D eigenvalue weighted by atomic mass is 9.81. The highest BCUT2D eigenvalue weighted by molar-refractivity contribution is 5.92. The number of carbonyl (C=O) groups is 1. The van der Waals surface area contributed by atoms with Gasteiger partial charge < -0.3 is 14.6 Å². The number of aromatic nitrogens is 1. The molecule has 1 N–H and O–H groups in total. The van der Waals surface area contributed by atoms with Crippen molar-refractivity contribution >= 4 is 16.8 Å². The fourth-order valence-electron chi connectivity index (χ4n) is 3.72. The van der Waals surface area contributed by atoms with Crippen molar-refractivity contribution in [2.24, 2.45) is 0 Å². The number of para-hydroxylation sites is 1. The van der Waals surface area contributed by atoms with Crippen LogP contribution in [0, 0.1) is 0 Å². The van der Waals surface area contributed by atoms with Gasteiger partial charge in [0.25, 0.3) is 5.91 Å². The molecule has 1 aromatic carbocycles. The van der Waals surface area contributed by atoms with E-state index < -0.39 is 5.60 Å². The van der Waals surface area contributed by atoms with Gasteiger partial charge >= 0.3 is 0 Å². The van der Waals surface area contributed by atoms with E-state index in [0.29, 0.717) is 13.1 Å². The predicted octanol–water partition coefficient (Wildman–Crippen LogP) is 3.21. The normalized spacial score (nSPS) is 20.9. The van der Waals surface area contributed by atoms with Gasteiger partial charge in [-0.1, -0.05) is 18.2 Å². The minimum Gasteiger partial charge on any atom is -0.362 e. The van der Waals surface area contributed by atoms with Crippen LogP contribution in [-0.4, -0.2) is 36.0 Å². The lowest BCUT2D eigenvalue weighted by molar-refractivity contribution is -0.158. The molecule has 1 aliphatic rings. The first-order chi connectivity index (χ1) is 10.7. The molecule has 2 aromatic rings. The van der Waals surface area contributed by atoms with Crippen LogP contribution in [0.2, 0.25) is 0 Å². The number of nitrogens with zero attached hydrogens (tertiary/aromatic N) is 1. The first-order valence-electron chi connectivity index (χ1n) is 8.12. The van der Waals surface area contributed by atoms with Crippen molar-refractivity contribution < 1.29 is 9.53 Å². The van der Waals surface area contributed by atoms with Gasteiger partial charge in [-0.05, 0) is 44.7 Å². The Morgan fingerprint density at radius 3 is 2.73 bits per heavy atom. The Hall–Kier alpha value is -1.81. The number of H-pyrrole nitrogens is 1. The summed E-state index contributed by atoms with van der Waals surface area (Å²) in [6.45, 7) is 5.44. The highest BCUT2D eigenvalue weighted by Crippen LogP contribution is 2.42. The molecule has 22 heavy (non-hydrogen) atoms. The number of fused-ring (bicyclic) bond motifs is 3. The third kappa shape index (κ3) is 2.05. The summed E-state index contributed by atoms with van der Waals surface area (Å²) in [6, 6.07) is 8.25. The van der Waals surface area contributed by atoms with Crippen molar-refractivity contribution in [2.45, 2.75) is 38.7 Å². The second kappa shape index (κ2) is 5.76. The smallest absolute Gasteiger partial charge is 0.260 e. The Morgan fingerprint density at radius 1 is 1.32 bits per heavy atom. The van der Waals surface area contributed by atoms with Crippen LogP contribution in [-0.2, 0) is 21.6 Å². The lowest BCUT2D eigenvalue weighted by Crippen LogP contribution is -2.50. The molecule has 0 saturated heterocycles. The average Bonchev–Trinajstić information content (AvgIpc) is 2.95. The molecule has 0 bridgehead atoms. The topological polar surface area (TPSA) is 45.3 Å². The van der Waals surface area contributed by atoms with Gasteiger partial charge in [0.05, 0.1) is 5.69 Å². The second-order valence-corrected chi connectivity index (χ2v) is 5.89. The standard InChI is InChI=1S/C18H24N2O2/c1-4-20(5-2)17(21)18(22-3)12-8-10-14-13-9-6-7-11-15(13)19-16(14)18/h6-7,9,11,19H,4-5,8,10,12H2,1-3H3. The maximum Gasteiger partial charge on any atom is 0.260 e. The molecule has 1 unspecified atom stereocenters. The first kappa shape index (κ1) is 15.1. The van der Waals surface area contributed by atoms with Gasteiger partial charge in [-0.2, -0.15) is 0 Å². The average molecular weight is 300 g/mol. The van der Waals surface area contributed by atoms with Crippen LogP contribution in [0.1, 0.15) is 37.9 Å². The Bertz CT molecular complexity index is 687. The minimum atomic E-state index is -0.862. The highest BCUT2D eigenvalue weighted by atomic mass is 16.5. The van der Waals surface area contributed by atoms with Crippen LogP contribution in [0.25, 0.3) is 10.9 Å². The number of benzene rings is 1. The van der Waals surface area contributed by atoms with Gasteiger partial charge in [0, 0.05) is 31.1 Å². The van der Waals surface area contributed by atoms with Gasteiger partial charge in [-0.25, -0.2) is 0 Å². The van der Waals surface area contributed by atoms with Crippen LogP contribution in [0.5, 0.6) is 0 Å². The number of aryl methyl sites for hydroxylation is 1. The zero-order valence-electron chi connectivity index (χ0n) is 13.6. The summed E-state index contributed by atoms with van der Waals surface area (Å²) in [5.41, 5.74) is 2.42. The Balaban J connectivity index is 2.17. The fraction of sp³-hybridized carbons (Fsp3) is 0.500. The number of hydrogen-bond acceptors (Lipinski definition) is 2. The number of hydrogen-bond donors (Lipinski definition) is 1. The number of aromatic amines is 1. The van der Waals surface area contributed by atoms with Crippen molar-refractivity contribution in [3.63, 3.8) is 0 Å². The molecule has 4 heteroatoms. The van der Waals surface area contributed by atoms with Crippen LogP contribution >= 0.6 is 0 Å². The Labute approximate surface area is 131 Å². The number of methoxy groups -OCH3 is 1. The number of nitrogens with one attached hydrogen (secondary N) is 1. The molecule has 0 fully saturated rings. The van der Waals surface area contributed by atoms with Crippen molar-refractivity contribution in [1.82, 2.24) is 9.88 Å². The molecule has 1 atom stereocenters. The van der Waals surface area contributed by atoms with Gasteiger partial charge in [0.2, 0.25) is 0 Å². The summed E-state index contributed by atoms with van der Waals surface area (Å²) < 4.78 is 5.86. The van der Waals surface area contributed by atoms with Gasteiger partial charge in [0.1, 0.15) is 0 Å². The Kier molecular flexibility index (Phi) is 3.96. The largest absolute Gasteiger partial charge is 0.362 e. The van der Waals surface area contributed by atoms with E-state index in [1.54, 1.807) is 7.11 Å². The van der Waals surface area contributed by atoms with Crippen LogP contribution in [0.4, 0.5) is 0 Å². The number of rotatable bonds is 4. The van der Waals surface area contributed by atoms with Crippen molar-refractivity contribution in [3.8, 4) is 0 Å². The van der Waals surface area contributed by atoms with Crippen molar-refractivity contribution in [1.29, 1.82) is 0 Å². The molecule has 118 valence electrons. The van der Waals surface area contributed by atoms with Crippen LogP contribution < -0.4 is 0 Å². The van der Waals surface area contributed by atoms with E-state index in [1.807, 2.05) is 30.9 Å². The molecule has 1 heterocycles. The van der Waals surface area contributed by atoms with E-state index in [1.165, 1.54) is 10.9 Å². The van der Waals surface area contributed by atoms with Crippen LogP contribution in [0.3, 0.4) is 0 Å². The van der Waals surface area contributed by atoms with Crippen molar-refractivity contribution in [3.05, 3.63) is 35.5 Å². The van der Waals surface area contributed by atoms with Crippen molar-refractivity contribution in [2.75, 3.05) is 20.2 Å². The van der Waals surface area contributed by atoms with Crippen LogP contribution in [0.15, 0.2) is 24.3 Å². The SMILES string of the molecule is CCN(CC)C(=O)C1(OC)CCCc2c1[nH]c1ccccc21. The molecule has 3 rings (SSSR count). The third-order valence-electron chi connectivity index (χ3n) is 4.92. The summed E-state index contributed by atoms with van der Waals surface area (Å²) in [5.74, 6) is 0.0764. The fourth-order valence-corrected chi connectivity index (χ4v) is 3.72. The molecule has 0 aliphatic heterocycles. The summed E-state index contributed by atoms with van der Waals surface area (Å²) >= 11 is 0. The highest BCUT2D eigenvalue weighted by Gasteiger charge is 2.47. The number of amides is 1. The summed E-state index contributed by atoms with van der Waals surface area (Å²) in [4.78, 5) is 18.5. The molecule has 1 aromatic heterocycles. The number of likely N-dealkylation sites (N-methyl/N-ethyl adjacent to an activating group) is 1. The molecule has 0 spiro atoms. The molecule has 0 radical (unpaired) electrons. The molecule has 1 aliphatic carbocycles. The minimum absolute atomic E-state index is 0.0764. The monoisotopic (exact) mass is 300 g/mol. The molecular formula is C18H24N2O2. The zero-order chi connectivity index (χ0) is 15.7. The molecule has 4 nitrogen and oxygen atoms in total. The van der Waals surface area contributed by atoms with E-state index in [4.69, 9.17) is 4.74 Å². The van der Waals surface area contributed by atoms with E-state index >= 15 is 0 Å². The Morgan fingerprint density at radius 2 is 2.05 bits per heavy atom. The van der Waals surface area contributed by atoms with E-state index in [0.717, 1.165) is 30.5 Å². The molecular weight excluding hydrogens is 276 g/mol. The maximum absolute atomic E-state index is 13.1. The van der Waals surface area contributed by atoms with Gasteiger partial charge in [0.15, 0.2) is 5.60 Å². The number of carbonyl (C=O) groups excluding carboxylic acids is 1. The first-order valence-corrected chi connectivity index (χ1v) is 8.12. The van der Waals surface area contributed by atoms with Gasteiger partial charge in [-0.3, -0.25) is 4.79 Å². The van der Waals surface area contributed by atoms with E-state index in [-0.39, 0.29) is 5.91 Å². The summed E-state index contributed by atoms with van der Waals surface area (Å²) in [6.07, 6.45) is 2.70. The lowest BCUT2D eigenvalue weighted by Gasteiger charge is -2.38. The summed E-state index contributed by atoms with van der Waals surface area (Å²) in [7, 11) is 1.65. The quantitative estimate of drug-likeness (QED) is 0.942. The second-order valence-electron chi connectivity index (χ2n) is 5.89.